The number of aromatic nitrogens is 1. The molecule has 0 radical (unpaired) electrons. The van der Waals surface area contributed by atoms with E-state index >= 15 is 0 Å². The number of carbonyl (C=O) groups excluding carboxylic acids is 3. The molecule has 0 aliphatic heterocycles. The van der Waals surface area contributed by atoms with Crippen molar-refractivity contribution in [2.75, 3.05) is 6.54 Å². The molecule has 0 fully saturated rings. The average Bonchev–Trinajstić information content (AvgIpc) is 3.04. The molecule has 1 aromatic heterocycles. The molecule has 156 valence electrons. The minimum atomic E-state index is -0.569. The van der Waals surface area contributed by atoms with E-state index in [1.165, 1.54) is 11.3 Å². The van der Waals surface area contributed by atoms with Gasteiger partial charge in [-0.3, -0.25) is 20.4 Å². The Balaban J connectivity index is 1.74. The average molecular weight is 419 g/mol. The predicted molar refractivity (Wildman–Crippen MR) is 111 cm³/mol. The molecule has 2 aromatic rings. The lowest BCUT2D eigenvalue weighted by Crippen LogP contribution is -2.41. The Morgan fingerprint density at radius 1 is 1.10 bits per heavy atom. The first-order chi connectivity index (χ1) is 13.7. The van der Waals surface area contributed by atoms with Crippen molar-refractivity contribution in [2.24, 2.45) is 0 Å². The Morgan fingerprint density at radius 3 is 2.45 bits per heavy atom. The van der Waals surface area contributed by atoms with Gasteiger partial charge >= 0.3 is 6.09 Å². The zero-order valence-corrected chi connectivity index (χ0v) is 17.8. The van der Waals surface area contributed by atoms with Crippen LogP contribution >= 0.6 is 11.3 Å². The summed E-state index contributed by atoms with van der Waals surface area (Å²) in [6.07, 6.45) is 0.0345. The molecule has 29 heavy (non-hydrogen) atoms. The Kier molecular flexibility index (Phi) is 7.72. The lowest BCUT2D eigenvalue weighted by atomic mass is 10.2. The molecule has 0 aliphatic rings. The van der Waals surface area contributed by atoms with E-state index in [4.69, 9.17) is 4.74 Å². The third-order valence-corrected chi connectivity index (χ3v) is 4.79. The first-order valence-electron chi connectivity index (χ1n) is 9.24. The molecule has 0 aliphatic carbocycles. The van der Waals surface area contributed by atoms with Crippen LogP contribution < -0.4 is 16.2 Å². The quantitative estimate of drug-likeness (QED) is 0.493. The second-order valence-electron chi connectivity index (χ2n) is 7.33. The minimum Gasteiger partial charge on any atom is -0.444 e. The summed E-state index contributed by atoms with van der Waals surface area (Å²) >= 11 is 1.27. The zero-order valence-electron chi connectivity index (χ0n) is 17.0. The molecule has 3 N–H and O–H groups in total. The summed E-state index contributed by atoms with van der Waals surface area (Å²) in [5.41, 5.74) is 5.75. The summed E-state index contributed by atoms with van der Waals surface area (Å²) in [5, 5.41) is 3.32. The molecule has 1 heterocycles. The van der Waals surface area contributed by atoms with Gasteiger partial charge in [-0.2, -0.15) is 0 Å². The maximum Gasteiger partial charge on any atom is 0.407 e. The summed E-state index contributed by atoms with van der Waals surface area (Å²) < 4.78 is 5.11. The number of hydrazine groups is 1. The summed E-state index contributed by atoms with van der Waals surface area (Å²) in [4.78, 5) is 40.6. The van der Waals surface area contributed by atoms with Crippen LogP contribution in [0.3, 0.4) is 0 Å². The van der Waals surface area contributed by atoms with E-state index < -0.39 is 17.6 Å². The van der Waals surface area contributed by atoms with E-state index in [1.54, 1.807) is 27.7 Å². The monoisotopic (exact) mass is 418 g/mol. The Bertz CT molecular complexity index is 859. The van der Waals surface area contributed by atoms with Crippen molar-refractivity contribution in [1.82, 2.24) is 21.2 Å². The summed E-state index contributed by atoms with van der Waals surface area (Å²) in [5.74, 6) is -0.766. The first-order valence-corrected chi connectivity index (χ1v) is 10.1. The van der Waals surface area contributed by atoms with Gasteiger partial charge in [-0.1, -0.05) is 30.3 Å². The number of ether oxygens (including phenoxy) is 1. The van der Waals surface area contributed by atoms with Crippen molar-refractivity contribution >= 4 is 29.2 Å². The van der Waals surface area contributed by atoms with Gasteiger partial charge in [-0.15, -0.1) is 11.3 Å². The van der Waals surface area contributed by atoms with Crippen molar-refractivity contribution in [3.05, 3.63) is 40.9 Å². The summed E-state index contributed by atoms with van der Waals surface area (Å²) in [7, 11) is 0. The normalized spacial score (nSPS) is 10.9. The molecule has 2 rings (SSSR count). The molecule has 0 saturated carbocycles. The molecule has 0 spiro atoms. The van der Waals surface area contributed by atoms with Gasteiger partial charge in [-0.25, -0.2) is 9.78 Å². The number of benzene rings is 1. The third-order valence-electron chi connectivity index (χ3n) is 3.59. The number of nitrogens with zero attached hydrogens (tertiary/aromatic N) is 1. The molecular weight excluding hydrogens is 392 g/mol. The molecule has 9 heteroatoms. The van der Waals surface area contributed by atoms with Gasteiger partial charge in [0.2, 0.25) is 5.91 Å². The zero-order chi connectivity index (χ0) is 21.4. The highest BCUT2D eigenvalue weighted by molar-refractivity contribution is 7.17. The van der Waals surface area contributed by atoms with Gasteiger partial charge in [0.1, 0.15) is 15.5 Å². The molecular formula is C20H26N4O4S. The van der Waals surface area contributed by atoms with E-state index in [9.17, 15) is 14.4 Å². The van der Waals surface area contributed by atoms with Gasteiger partial charge in [0.05, 0.1) is 5.69 Å². The highest BCUT2D eigenvalue weighted by atomic mass is 32.1. The molecule has 0 atom stereocenters. The number of aryl methyl sites for hydroxylation is 1. The molecule has 0 bridgehead atoms. The van der Waals surface area contributed by atoms with Gasteiger partial charge in [0.15, 0.2) is 0 Å². The fraction of sp³-hybridized carbons (Fsp3) is 0.400. The topological polar surface area (TPSA) is 109 Å². The number of hydrogen-bond acceptors (Lipinski definition) is 6. The molecule has 0 unspecified atom stereocenters. The number of thiazole rings is 1. The van der Waals surface area contributed by atoms with Crippen LogP contribution in [-0.2, 0) is 9.53 Å². The molecule has 8 nitrogen and oxygen atoms in total. The Hall–Kier alpha value is -2.94. The van der Waals surface area contributed by atoms with Crippen molar-refractivity contribution < 1.29 is 19.1 Å². The van der Waals surface area contributed by atoms with Gasteiger partial charge in [0.25, 0.3) is 5.91 Å². The molecule has 1 aromatic carbocycles. The predicted octanol–water partition coefficient (Wildman–Crippen LogP) is 3.18. The van der Waals surface area contributed by atoms with Crippen LogP contribution in [0.5, 0.6) is 0 Å². The largest absolute Gasteiger partial charge is 0.444 e. The first kappa shape index (κ1) is 22.4. The van der Waals surface area contributed by atoms with Crippen LogP contribution in [0.4, 0.5) is 4.79 Å². The standard InChI is InChI=1S/C20H26N4O4S/c1-13-16(29-18(22-13)14-9-6-5-7-10-14)17(26)24-23-15(25)11-8-12-21-19(27)28-20(2,3)4/h5-7,9-10H,8,11-12H2,1-4H3,(H,21,27)(H,23,25)(H,24,26). The fourth-order valence-corrected chi connectivity index (χ4v) is 3.28. The highest BCUT2D eigenvalue weighted by Crippen LogP contribution is 2.27. The number of nitrogens with one attached hydrogen (secondary N) is 3. The second-order valence-corrected chi connectivity index (χ2v) is 8.33. The summed E-state index contributed by atoms with van der Waals surface area (Å²) in [6.45, 7) is 7.37. The maximum absolute atomic E-state index is 12.3. The van der Waals surface area contributed by atoms with Gasteiger partial charge in [0, 0.05) is 18.5 Å². The van der Waals surface area contributed by atoms with Gasteiger partial charge < -0.3 is 10.1 Å². The van der Waals surface area contributed by atoms with Crippen molar-refractivity contribution in [3.63, 3.8) is 0 Å². The highest BCUT2D eigenvalue weighted by Gasteiger charge is 2.17. The van der Waals surface area contributed by atoms with Crippen LogP contribution in [0.2, 0.25) is 0 Å². The van der Waals surface area contributed by atoms with E-state index in [0.29, 0.717) is 23.5 Å². The van der Waals surface area contributed by atoms with E-state index in [0.717, 1.165) is 10.6 Å². The second kappa shape index (κ2) is 10.0. The van der Waals surface area contributed by atoms with Crippen LogP contribution in [0.25, 0.3) is 10.6 Å². The molecule has 3 amide bonds. The van der Waals surface area contributed by atoms with Crippen molar-refractivity contribution in [3.8, 4) is 10.6 Å². The SMILES string of the molecule is Cc1nc(-c2ccccc2)sc1C(=O)NNC(=O)CCCNC(=O)OC(C)(C)C. The smallest absolute Gasteiger partial charge is 0.407 e. The molecule has 0 saturated heterocycles. The lowest BCUT2D eigenvalue weighted by Gasteiger charge is -2.19. The lowest BCUT2D eigenvalue weighted by molar-refractivity contribution is -0.121. The number of hydrogen-bond donors (Lipinski definition) is 3. The number of amides is 3. The van der Waals surface area contributed by atoms with Gasteiger partial charge in [-0.05, 0) is 34.1 Å². The van der Waals surface area contributed by atoms with E-state index in [2.05, 4.69) is 21.2 Å². The van der Waals surface area contributed by atoms with Crippen LogP contribution in [-0.4, -0.2) is 35.0 Å². The fourth-order valence-electron chi connectivity index (χ4n) is 2.31. The summed E-state index contributed by atoms with van der Waals surface area (Å²) in [6, 6.07) is 9.57. The van der Waals surface area contributed by atoms with Crippen molar-refractivity contribution in [2.45, 2.75) is 46.1 Å². The maximum atomic E-state index is 12.3. The van der Waals surface area contributed by atoms with E-state index in [-0.39, 0.29) is 12.3 Å². The van der Waals surface area contributed by atoms with Crippen molar-refractivity contribution in [1.29, 1.82) is 0 Å². The van der Waals surface area contributed by atoms with Crippen LogP contribution in [0, 0.1) is 6.92 Å². The van der Waals surface area contributed by atoms with Crippen LogP contribution in [0.15, 0.2) is 30.3 Å². The van der Waals surface area contributed by atoms with Crippen LogP contribution in [0.1, 0.15) is 49.0 Å². The third kappa shape index (κ3) is 7.53. The Labute approximate surface area is 174 Å². The number of rotatable bonds is 6. The number of alkyl carbamates (subject to hydrolysis) is 1. The minimum absolute atomic E-state index is 0.146. The van der Waals surface area contributed by atoms with E-state index in [1.807, 2.05) is 30.3 Å². The number of carbonyl (C=O) groups is 3. The Morgan fingerprint density at radius 2 is 1.79 bits per heavy atom.